The smallest absolute Gasteiger partial charge is 0.143 e. The second-order valence-corrected chi connectivity index (χ2v) is 6.72. The monoisotopic (exact) mass is 559 g/mol. The van der Waals surface area contributed by atoms with Crippen molar-refractivity contribution < 1.29 is 20.1 Å². The molecule has 139 valence electrons. The summed E-state index contributed by atoms with van der Waals surface area (Å²) in [7, 11) is 0. The standard InChI is InChI=1S/C12H8N2S.C11H8N.Ir/c1-2-7-11-9(5-1)14-12(15-11)10-6-3-4-8-13-10;1-2-6-10(7-3-1)11-8-4-5-9-12-11;/h1-8H;1-6,8-9H;/q;-1;. The maximum atomic E-state index is 4.54. The minimum Gasteiger partial charge on any atom is -0.305 e. The molecular weight excluding hydrogens is 543 g/mol. The summed E-state index contributed by atoms with van der Waals surface area (Å²) in [5, 5.41) is 0.983. The second-order valence-electron chi connectivity index (χ2n) is 5.69. The van der Waals surface area contributed by atoms with Gasteiger partial charge in [-0.15, -0.1) is 47.2 Å². The number of thiazole rings is 1. The van der Waals surface area contributed by atoms with E-state index in [2.05, 4.69) is 27.1 Å². The molecule has 0 unspecified atom stereocenters. The molecule has 0 fully saturated rings. The minimum absolute atomic E-state index is 0. The van der Waals surface area contributed by atoms with Crippen molar-refractivity contribution in [2.75, 3.05) is 0 Å². The quantitative estimate of drug-likeness (QED) is 0.253. The molecule has 0 atom stereocenters. The zero-order valence-corrected chi connectivity index (χ0v) is 18.0. The molecule has 0 aliphatic carbocycles. The van der Waals surface area contributed by atoms with Gasteiger partial charge in [0, 0.05) is 32.5 Å². The average molecular weight is 559 g/mol. The summed E-state index contributed by atoms with van der Waals surface area (Å²) in [6.45, 7) is 0. The molecule has 0 bridgehead atoms. The summed E-state index contributed by atoms with van der Waals surface area (Å²) < 4.78 is 1.21. The predicted molar refractivity (Wildman–Crippen MR) is 111 cm³/mol. The second kappa shape index (κ2) is 10.00. The van der Waals surface area contributed by atoms with Crippen LogP contribution in [0.3, 0.4) is 0 Å². The Balaban J connectivity index is 0.000000159. The van der Waals surface area contributed by atoms with Gasteiger partial charge < -0.3 is 4.98 Å². The molecule has 5 heteroatoms. The van der Waals surface area contributed by atoms with Crippen LogP contribution < -0.4 is 0 Å². The number of hydrogen-bond acceptors (Lipinski definition) is 4. The number of hydrogen-bond donors (Lipinski definition) is 0. The molecule has 0 saturated carbocycles. The van der Waals surface area contributed by atoms with Gasteiger partial charge in [0.25, 0.3) is 0 Å². The van der Waals surface area contributed by atoms with Gasteiger partial charge in [-0.2, -0.15) is 0 Å². The molecule has 3 heterocycles. The van der Waals surface area contributed by atoms with Crippen molar-refractivity contribution in [1.29, 1.82) is 0 Å². The zero-order chi connectivity index (χ0) is 18.3. The molecule has 0 aliphatic heterocycles. The first-order valence-corrected chi connectivity index (χ1v) is 9.37. The van der Waals surface area contributed by atoms with E-state index in [1.54, 1.807) is 23.7 Å². The van der Waals surface area contributed by atoms with Crippen LogP contribution in [0.2, 0.25) is 0 Å². The van der Waals surface area contributed by atoms with E-state index in [9.17, 15) is 0 Å². The topological polar surface area (TPSA) is 38.7 Å². The Morgan fingerprint density at radius 3 is 2.00 bits per heavy atom. The van der Waals surface area contributed by atoms with Gasteiger partial charge >= 0.3 is 0 Å². The van der Waals surface area contributed by atoms with Crippen molar-refractivity contribution >= 4 is 21.6 Å². The first-order valence-electron chi connectivity index (χ1n) is 8.55. The number of aromatic nitrogens is 3. The van der Waals surface area contributed by atoms with Gasteiger partial charge in [0.2, 0.25) is 0 Å². The van der Waals surface area contributed by atoms with Gasteiger partial charge in [-0.05, 0) is 36.0 Å². The van der Waals surface area contributed by atoms with Crippen LogP contribution in [0.5, 0.6) is 0 Å². The number of rotatable bonds is 2. The third-order valence-electron chi connectivity index (χ3n) is 3.83. The molecule has 0 N–H and O–H groups in total. The van der Waals surface area contributed by atoms with Crippen molar-refractivity contribution in [3.8, 4) is 22.0 Å². The normalized spacial score (nSPS) is 9.86. The van der Waals surface area contributed by atoms with Gasteiger partial charge in [0.1, 0.15) is 5.01 Å². The van der Waals surface area contributed by atoms with Crippen molar-refractivity contribution in [2.24, 2.45) is 0 Å². The van der Waals surface area contributed by atoms with Gasteiger partial charge in [-0.25, -0.2) is 4.98 Å². The van der Waals surface area contributed by atoms with Crippen LogP contribution in [0.15, 0.2) is 97.3 Å². The van der Waals surface area contributed by atoms with Crippen LogP contribution in [0.1, 0.15) is 0 Å². The summed E-state index contributed by atoms with van der Waals surface area (Å²) in [6.07, 6.45) is 3.58. The molecule has 0 amide bonds. The van der Waals surface area contributed by atoms with Crippen molar-refractivity contribution in [1.82, 2.24) is 15.0 Å². The van der Waals surface area contributed by atoms with E-state index in [0.717, 1.165) is 27.5 Å². The van der Waals surface area contributed by atoms with Crippen LogP contribution in [0, 0.1) is 6.07 Å². The van der Waals surface area contributed by atoms with Gasteiger partial charge in [0.15, 0.2) is 0 Å². The molecule has 28 heavy (non-hydrogen) atoms. The zero-order valence-electron chi connectivity index (χ0n) is 14.8. The molecule has 2 aromatic carbocycles. The summed E-state index contributed by atoms with van der Waals surface area (Å²) >= 11 is 1.68. The van der Waals surface area contributed by atoms with Crippen LogP contribution in [-0.2, 0) is 20.1 Å². The first kappa shape index (κ1) is 20.0. The van der Waals surface area contributed by atoms with Crippen molar-refractivity contribution in [3.63, 3.8) is 0 Å². The van der Waals surface area contributed by atoms with Gasteiger partial charge in [-0.1, -0.05) is 30.3 Å². The number of para-hydroxylation sites is 1. The molecule has 3 aromatic heterocycles. The predicted octanol–water partition coefficient (Wildman–Crippen LogP) is 5.90. The average Bonchev–Trinajstić information content (AvgIpc) is 3.21. The summed E-state index contributed by atoms with van der Waals surface area (Å²) in [5.41, 5.74) is 4.00. The summed E-state index contributed by atoms with van der Waals surface area (Å²) in [5.74, 6) is 0. The Hall–Kier alpha value is -2.72. The van der Waals surface area contributed by atoms with Crippen LogP contribution >= 0.6 is 11.3 Å². The molecule has 5 aromatic rings. The largest absolute Gasteiger partial charge is 0.305 e. The molecule has 3 nitrogen and oxygen atoms in total. The maximum Gasteiger partial charge on any atom is 0.143 e. The van der Waals surface area contributed by atoms with E-state index in [1.807, 2.05) is 78.9 Å². The van der Waals surface area contributed by atoms with Crippen LogP contribution in [0.25, 0.3) is 32.2 Å². The number of fused-ring (bicyclic) bond motifs is 1. The fourth-order valence-corrected chi connectivity index (χ4v) is 3.49. The van der Waals surface area contributed by atoms with E-state index in [4.69, 9.17) is 0 Å². The molecule has 0 aliphatic rings. The van der Waals surface area contributed by atoms with E-state index < -0.39 is 0 Å². The number of pyridine rings is 2. The van der Waals surface area contributed by atoms with Crippen molar-refractivity contribution in [2.45, 2.75) is 0 Å². The van der Waals surface area contributed by atoms with E-state index in [1.165, 1.54) is 4.70 Å². The van der Waals surface area contributed by atoms with Crippen LogP contribution in [0.4, 0.5) is 0 Å². The first-order chi connectivity index (χ1) is 13.4. The van der Waals surface area contributed by atoms with E-state index >= 15 is 0 Å². The Kier molecular flexibility index (Phi) is 7.15. The third kappa shape index (κ3) is 4.96. The fourth-order valence-electron chi connectivity index (χ4n) is 2.55. The molecule has 5 rings (SSSR count). The van der Waals surface area contributed by atoms with Crippen molar-refractivity contribution in [3.05, 3.63) is 103 Å². The Bertz CT molecular complexity index is 1040. The fraction of sp³-hybridized carbons (Fsp3) is 0. The number of benzene rings is 2. The van der Waals surface area contributed by atoms with Gasteiger partial charge in [-0.3, -0.25) is 4.98 Å². The summed E-state index contributed by atoms with van der Waals surface area (Å²) in [6, 6.07) is 30.8. The molecular formula is C23H16IrN3S-. The Morgan fingerprint density at radius 2 is 1.36 bits per heavy atom. The SMILES string of the molecule is [Ir].[c-]1ccccc1-c1ccccn1.c1ccc(-c2nc3ccccc3s2)nc1. The third-order valence-corrected chi connectivity index (χ3v) is 4.89. The van der Waals surface area contributed by atoms with E-state index in [0.29, 0.717) is 0 Å². The Morgan fingerprint density at radius 1 is 0.679 bits per heavy atom. The number of nitrogens with zero attached hydrogens (tertiary/aromatic N) is 3. The van der Waals surface area contributed by atoms with E-state index in [-0.39, 0.29) is 20.1 Å². The molecule has 0 saturated heterocycles. The maximum absolute atomic E-state index is 4.54. The summed E-state index contributed by atoms with van der Waals surface area (Å²) in [4.78, 5) is 13.0. The molecule has 0 spiro atoms. The Labute approximate surface area is 181 Å². The van der Waals surface area contributed by atoms with Gasteiger partial charge in [0.05, 0.1) is 15.9 Å². The minimum atomic E-state index is 0. The van der Waals surface area contributed by atoms with Crippen LogP contribution in [-0.4, -0.2) is 15.0 Å². The molecule has 1 radical (unpaired) electrons.